The number of halogens is 2. The number of carbonyl (C=O) groups is 1. The molecular weight excluding hydrogens is 1900 g/mol. The number of thiophene rings is 3. The molecule has 2 aromatic carbocycles. The highest BCUT2D eigenvalue weighted by Gasteiger charge is 2.38. The van der Waals surface area contributed by atoms with E-state index >= 15 is 0 Å². The van der Waals surface area contributed by atoms with E-state index in [-0.39, 0.29) is 50.0 Å². The lowest BCUT2D eigenvalue weighted by atomic mass is 10.1. The molecule has 5 fully saturated rings. The number of aliphatic hydroxyl groups is 1. The maximum absolute atomic E-state index is 12.6. The molecule has 4 atom stereocenters. The van der Waals surface area contributed by atoms with E-state index in [0.29, 0.717) is 166 Å². The number of H-pyrrole nitrogens is 5. The minimum absolute atomic E-state index is 0. The number of aryl methyl sites for hydroxylation is 1. The monoisotopic (exact) mass is 2010 g/mol. The molecule has 718 valence electrons. The SMILES string of the molecule is CC(=O)c1cccc(-c2nccc(Nc3cc(C4CC4)[nH]n3)n2)c1.CC1CC1c1cc(Nc2nc(-c3ccc(S(=O)(=O)NC(C)(C)C)s3)ncc2Cl)n[nH]1.CC1CC1c1cc(Nc2nc(-c3ccc(S(N)(=O)=O)s3)ncc2Cl)n[nH]1.NS(=O)(=O)c1cc(-c2nccc(Nc3cc(C4CC4)[nH]n3)n2)ccc1O.NS(=O)(=O)c1ccc(-c2ncc(CCCO)c(Nc3cc(C4CC4)[nH]n3)n2)s1.[HH].[HH].[HH].[HH].[HH].[HH].[HH].[HH].[HH].[HH]. The van der Waals surface area contributed by atoms with Gasteiger partial charge in [-0.1, -0.05) is 55.2 Å². The first-order chi connectivity index (χ1) is 63.8. The molecule has 0 saturated heterocycles. The van der Waals surface area contributed by atoms with Gasteiger partial charge in [-0.2, -0.15) is 25.5 Å². The number of sulfonamides is 4. The van der Waals surface area contributed by atoms with Crippen LogP contribution in [0.5, 0.6) is 5.75 Å². The molecule has 0 aliphatic heterocycles. The van der Waals surface area contributed by atoms with E-state index < -0.39 is 51.4 Å². The van der Waals surface area contributed by atoms with Crippen LogP contribution in [0.3, 0.4) is 0 Å². The van der Waals surface area contributed by atoms with E-state index in [9.17, 15) is 43.6 Å². The summed E-state index contributed by atoms with van der Waals surface area (Å²) >= 11 is 15.6. The van der Waals surface area contributed by atoms with Gasteiger partial charge in [-0.05, 0) is 177 Å². The topological polar surface area (TPSA) is 617 Å². The van der Waals surface area contributed by atoms with Crippen molar-refractivity contribution in [2.24, 2.45) is 27.3 Å². The molecule has 5 saturated carbocycles. The smallest absolute Gasteiger partial charge is 0.250 e. The highest BCUT2D eigenvalue weighted by atomic mass is 35.5. The van der Waals surface area contributed by atoms with Gasteiger partial charge in [-0.15, -0.1) is 34.0 Å². The molecule has 5 aliphatic rings. The van der Waals surface area contributed by atoms with Crippen LogP contribution in [0.1, 0.15) is 188 Å². The van der Waals surface area contributed by atoms with E-state index in [1.807, 2.05) is 42.5 Å². The molecule has 134 heavy (non-hydrogen) atoms. The van der Waals surface area contributed by atoms with Gasteiger partial charge in [0, 0.05) is 156 Å². The molecule has 40 nitrogen and oxygen atoms in total. The van der Waals surface area contributed by atoms with Crippen LogP contribution >= 0.6 is 57.2 Å². The van der Waals surface area contributed by atoms with Gasteiger partial charge < -0.3 is 36.8 Å². The Labute approximate surface area is 805 Å². The Morgan fingerprint density at radius 1 is 0.470 bits per heavy atom. The van der Waals surface area contributed by atoms with Crippen molar-refractivity contribution in [3.63, 3.8) is 0 Å². The lowest BCUT2D eigenvalue weighted by Crippen LogP contribution is -2.40. The summed E-state index contributed by atoms with van der Waals surface area (Å²) in [6, 6.07) is 34.0. The van der Waals surface area contributed by atoms with Crippen LogP contribution in [0.15, 0.2) is 170 Å². The maximum Gasteiger partial charge on any atom is 0.250 e. The number of aromatic amines is 5. The number of hydrogen-bond acceptors (Lipinski definition) is 34. The molecular formula is C85H111Cl2N29O11S7. The number of aliphatic hydroxyl groups excluding tert-OH is 1. The number of primary sulfonamides is 3. The highest BCUT2D eigenvalue weighted by Crippen LogP contribution is 2.49. The first-order valence-corrected chi connectivity index (χ1v) is 51.4. The third-order valence-corrected chi connectivity index (χ3v) is 31.2. The first-order valence-electron chi connectivity index (χ1n) is 42.0. The summed E-state index contributed by atoms with van der Waals surface area (Å²) in [5.41, 5.74) is 7.69. The molecule has 5 aliphatic carbocycles. The summed E-state index contributed by atoms with van der Waals surface area (Å²) in [5.74, 6) is 11.6. The van der Waals surface area contributed by atoms with Crippen LogP contribution in [0.2, 0.25) is 10.0 Å². The van der Waals surface area contributed by atoms with Crippen molar-refractivity contribution in [3.8, 4) is 60.6 Å². The number of nitrogens with one attached hydrogen (secondary N) is 11. The van der Waals surface area contributed by atoms with E-state index in [1.165, 1.54) is 86.9 Å². The zero-order valence-corrected chi connectivity index (χ0v) is 79.6. The van der Waals surface area contributed by atoms with Crippen LogP contribution in [-0.4, -0.2) is 163 Å². The number of aromatic hydroxyl groups is 1. The Morgan fingerprint density at radius 3 is 1.27 bits per heavy atom. The van der Waals surface area contributed by atoms with E-state index in [4.69, 9.17) is 43.7 Å². The zero-order chi connectivity index (χ0) is 94.7. The predicted molar refractivity (Wildman–Crippen MR) is 532 cm³/mol. The number of rotatable bonds is 29. The first kappa shape index (κ1) is 94.8. The van der Waals surface area contributed by atoms with E-state index in [1.54, 1.807) is 94.8 Å². The molecule has 20 rings (SSSR count). The number of aromatic nitrogens is 20. The van der Waals surface area contributed by atoms with Crippen molar-refractivity contribution >= 4 is 161 Å². The number of anilines is 10. The van der Waals surface area contributed by atoms with Gasteiger partial charge in [-0.25, -0.2) is 104 Å². The largest absolute Gasteiger partial charge is 0.507 e. The number of hydrogen-bond donors (Lipinski definition) is 16. The van der Waals surface area contributed by atoms with Crippen LogP contribution in [0.4, 0.5) is 58.2 Å². The van der Waals surface area contributed by atoms with Crippen molar-refractivity contribution in [2.75, 3.05) is 33.2 Å². The molecule has 0 bridgehead atoms. The van der Waals surface area contributed by atoms with Crippen molar-refractivity contribution in [1.29, 1.82) is 0 Å². The fraction of sp³-hybridized carbons (Fsp3) is 0.294. The average molecular weight is 2010 g/mol. The Morgan fingerprint density at radius 2 is 0.866 bits per heavy atom. The number of nitrogens with zero attached hydrogens (tertiary/aromatic N) is 15. The molecule has 13 aromatic heterocycles. The molecule has 49 heteroatoms. The van der Waals surface area contributed by atoms with Gasteiger partial charge in [0.15, 0.2) is 75.6 Å². The fourth-order valence-corrected chi connectivity index (χ4v) is 20.6. The molecule has 0 spiro atoms. The number of ketones is 1. The fourth-order valence-electron chi connectivity index (χ4n) is 13.7. The van der Waals surface area contributed by atoms with Crippen molar-refractivity contribution in [2.45, 2.75) is 158 Å². The van der Waals surface area contributed by atoms with Gasteiger partial charge in [0.05, 0.1) is 27.0 Å². The van der Waals surface area contributed by atoms with Crippen LogP contribution in [0, 0.1) is 11.8 Å². The van der Waals surface area contributed by atoms with Crippen LogP contribution < -0.4 is 46.7 Å². The van der Waals surface area contributed by atoms with Crippen molar-refractivity contribution < 1.29 is 62.9 Å². The molecule has 0 amide bonds. The average Bonchev–Trinajstić information content (AvgIpc) is 1.29. The van der Waals surface area contributed by atoms with E-state index in [2.05, 4.69) is 146 Å². The second kappa shape index (κ2) is 39.7. The number of carbonyl (C=O) groups excluding carboxylic acids is 1. The van der Waals surface area contributed by atoms with Crippen molar-refractivity contribution in [3.05, 3.63) is 202 Å². The summed E-state index contributed by atoms with van der Waals surface area (Å²) in [6.45, 7) is 11.4. The molecule has 4 unspecified atom stereocenters. The van der Waals surface area contributed by atoms with Gasteiger partial charge in [0.1, 0.15) is 50.8 Å². The second-order valence-electron chi connectivity index (χ2n) is 33.5. The van der Waals surface area contributed by atoms with Gasteiger partial charge in [-0.3, -0.25) is 30.3 Å². The quantitative estimate of drug-likeness (QED) is 0.0194. The number of phenols is 1. The summed E-state index contributed by atoms with van der Waals surface area (Å²) < 4.78 is 97.1. The molecule has 19 N–H and O–H groups in total. The zero-order valence-electron chi connectivity index (χ0n) is 72.4. The lowest BCUT2D eigenvalue weighted by Gasteiger charge is -2.19. The van der Waals surface area contributed by atoms with Crippen molar-refractivity contribution in [1.82, 2.24) is 106 Å². The summed E-state index contributed by atoms with van der Waals surface area (Å²) in [7, 11) is -15.2. The van der Waals surface area contributed by atoms with Gasteiger partial charge in [0.2, 0.25) is 30.1 Å². The third kappa shape index (κ3) is 24.8. The van der Waals surface area contributed by atoms with Crippen LogP contribution in [-0.2, 0) is 46.5 Å². The highest BCUT2D eigenvalue weighted by molar-refractivity contribution is 7.92. The van der Waals surface area contributed by atoms with Gasteiger partial charge >= 0.3 is 0 Å². The summed E-state index contributed by atoms with van der Waals surface area (Å²) in [6.07, 6.45) is 18.5. The maximum atomic E-state index is 12.6. The third-order valence-electron chi connectivity index (χ3n) is 21.3. The van der Waals surface area contributed by atoms with Crippen LogP contribution in [0.25, 0.3) is 54.9 Å². The minimum atomic E-state index is -4.06. The second-order valence-corrected chi connectivity index (χ2v) is 44.6. The standard InChI is InChI=1S/C19H23ClN6O2S2.C18H17N5O.C17H20N6O3S2.C16H16N6O3S.C15H15ClN6O2S2.10H2/c1-10-7-11(10)13-8-15(25-24-13)22-17-12(20)9-21-18(23-17)14-5-6-16(29-14)30(27,28)26-19(2,3)4;1-11(24)13-3-2-4-14(9-13)18-19-8-7-16(21-18)20-17-10-15(22-23-17)12-5-6-12;18-28(25,26)15-6-5-13(27-15)17-19-9-11(2-1-7-24)16(21-17)20-14-8-12(22-23-14)10-3-4-10;17-26(24,25)13-7-10(3-4-12(13)23)16-18-6-5-14(20-16)19-15-8-11(21-22-15)9-1-2-9;1-7-4-8(7)10-5-12(22-21-10)19-14-9(16)6-18-15(20-14)11-2-3-13(25-11)26(17,23)24;;;;;;;;;;/h5-6,8-11,26H,7H2,1-4H3,(H2,21,22,23,24,25);2-4,7-10,12H,5-6H2,1H3,(H2,19,20,21,22,23);5-6,8-10,24H,1-4,7H2,(H2,18,25,26)(H2,19,20,21,22,23);3-9,23H,1-2H2,(H2,17,24,25)(H2,18,19,20,21,22);2-3,5-8H,4H2,1H3,(H2,17,23,24)(H2,18,19,20,21,22);10*1H. The summed E-state index contributed by atoms with van der Waals surface area (Å²) in [5, 5.41) is 87.1. The molecule has 15 aromatic rings. The lowest BCUT2D eigenvalue weighted by molar-refractivity contribution is 0.101. The Hall–Kier alpha value is -12.4. The number of Topliss-reactive ketones (excluding diaryl/α,β-unsaturated/α-hetero) is 1. The number of benzene rings is 2. The predicted octanol–water partition coefficient (Wildman–Crippen LogP) is 17.7. The summed E-state index contributed by atoms with van der Waals surface area (Å²) in [4.78, 5) is 56.5. The van der Waals surface area contributed by atoms with E-state index in [0.717, 1.165) is 86.6 Å². The molecule has 13 heterocycles. The van der Waals surface area contributed by atoms with Gasteiger partial charge in [0.25, 0.3) is 10.0 Å². The number of nitrogens with two attached hydrogens (primary N) is 3. The Bertz CT molecular complexity index is 7360. The number of phenolic OH excluding ortho intramolecular Hbond substituents is 1. The Balaban J connectivity index is 0.000000271. The minimum Gasteiger partial charge on any atom is -0.507 e. The molecule has 0 radical (unpaired) electrons. The normalized spacial score (nSPS) is 16.3. The Kier molecular flexibility index (Phi) is 28.1.